The van der Waals surface area contributed by atoms with E-state index in [2.05, 4.69) is 5.32 Å². The summed E-state index contributed by atoms with van der Waals surface area (Å²) in [6.07, 6.45) is 0. The summed E-state index contributed by atoms with van der Waals surface area (Å²) < 4.78 is 10.5. The standard InChI is InChI=1S/C12H13ClN2O3.ClH/c13-9-5-8(6-10-11(9)18-7-17-10)12(16)15-3-1-14-2-4-15;/h5-6,14H,1-4,7H2;1H. The Labute approximate surface area is 122 Å². The van der Waals surface area contributed by atoms with E-state index in [0.717, 1.165) is 13.1 Å². The van der Waals surface area contributed by atoms with Crippen LogP contribution in [0.3, 0.4) is 0 Å². The summed E-state index contributed by atoms with van der Waals surface area (Å²) in [4.78, 5) is 14.1. The number of piperazine rings is 1. The van der Waals surface area contributed by atoms with Gasteiger partial charge in [-0.25, -0.2) is 0 Å². The van der Waals surface area contributed by atoms with E-state index in [0.29, 0.717) is 35.2 Å². The van der Waals surface area contributed by atoms with E-state index in [-0.39, 0.29) is 25.1 Å². The third-order valence-corrected chi connectivity index (χ3v) is 3.36. The van der Waals surface area contributed by atoms with Gasteiger partial charge in [0.2, 0.25) is 6.79 Å². The molecule has 7 heteroatoms. The third kappa shape index (κ3) is 2.73. The van der Waals surface area contributed by atoms with E-state index in [1.165, 1.54) is 0 Å². The number of fused-ring (bicyclic) bond motifs is 1. The molecular formula is C12H14Cl2N2O3. The molecule has 0 spiro atoms. The number of nitrogens with one attached hydrogen (secondary N) is 1. The number of amides is 1. The smallest absolute Gasteiger partial charge is 0.254 e. The van der Waals surface area contributed by atoms with Gasteiger partial charge in [0.15, 0.2) is 11.5 Å². The number of carbonyl (C=O) groups excluding carboxylic acids is 1. The molecule has 0 atom stereocenters. The van der Waals surface area contributed by atoms with Crippen LogP contribution in [0.4, 0.5) is 0 Å². The zero-order valence-corrected chi connectivity index (χ0v) is 11.7. The van der Waals surface area contributed by atoms with Gasteiger partial charge in [-0.05, 0) is 12.1 Å². The minimum absolute atomic E-state index is 0. The van der Waals surface area contributed by atoms with Crippen molar-refractivity contribution >= 4 is 29.9 Å². The zero-order valence-electron chi connectivity index (χ0n) is 10.1. The lowest BCUT2D eigenvalue weighted by molar-refractivity contribution is 0.0735. The maximum Gasteiger partial charge on any atom is 0.254 e. The van der Waals surface area contributed by atoms with E-state index in [1.54, 1.807) is 12.1 Å². The maximum absolute atomic E-state index is 12.3. The number of nitrogens with zero attached hydrogens (tertiary/aromatic N) is 1. The first-order chi connectivity index (χ1) is 8.75. The van der Waals surface area contributed by atoms with Gasteiger partial charge >= 0.3 is 0 Å². The summed E-state index contributed by atoms with van der Waals surface area (Å²) in [5.41, 5.74) is 0.547. The van der Waals surface area contributed by atoms with Crippen molar-refractivity contribution in [1.29, 1.82) is 0 Å². The second kappa shape index (κ2) is 5.86. The number of hydrogen-bond acceptors (Lipinski definition) is 4. The van der Waals surface area contributed by atoms with Gasteiger partial charge in [-0.1, -0.05) is 11.6 Å². The molecule has 1 aromatic rings. The van der Waals surface area contributed by atoms with E-state index < -0.39 is 0 Å². The molecule has 0 aromatic heterocycles. The summed E-state index contributed by atoms with van der Waals surface area (Å²) in [5, 5.41) is 3.63. The van der Waals surface area contributed by atoms with Crippen LogP contribution in [-0.4, -0.2) is 43.8 Å². The van der Waals surface area contributed by atoms with Crippen molar-refractivity contribution in [3.63, 3.8) is 0 Å². The van der Waals surface area contributed by atoms with Crippen molar-refractivity contribution in [2.45, 2.75) is 0 Å². The first-order valence-electron chi connectivity index (χ1n) is 5.85. The Hall–Kier alpha value is -1.17. The van der Waals surface area contributed by atoms with Gasteiger partial charge in [-0.2, -0.15) is 0 Å². The van der Waals surface area contributed by atoms with Gasteiger partial charge in [0, 0.05) is 31.7 Å². The Kier molecular flexibility index (Phi) is 4.39. The van der Waals surface area contributed by atoms with E-state index in [1.807, 2.05) is 4.90 Å². The summed E-state index contributed by atoms with van der Waals surface area (Å²) in [7, 11) is 0. The van der Waals surface area contributed by atoms with Crippen LogP contribution in [0.25, 0.3) is 0 Å². The van der Waals surface area contributed by atoms with E-state index in [4.69, 9.17) is 21.1 Å². The summed E-state index contributed by atoms with van der Waals surface area (Å²) in [6, 6.07) is 3.33. The molecule has 0 aliphatic carbocycles. The molecule has 1 saturated heterocycles. The molecule has 3 rings (SSSR count). The number of ether oxygens (including phenoxy) is 2. The highest BCUT2D eigenvalue weighted by Crippen LogP contribution is 2.39. The van der Waals surface area contributed by atoms with Gasteiger partial charge in [0.25, 0.3) is 5.91 Å². The maximum atomic E-state index is 12.3. The molecule has 0 saturated carbocycles. The first-order valence-corrected chi connectivity index (χ1v) is 6.22. The third-order valence-electron chi connectivity index (χ3n) is 3.08. The van der Waals surface area contributed by atoms with Gasteiger partial charge in [-0.3, -0.25) is 4.79 Å². The molecule has 19 heavy (non-hydrogen) atoms. The van der Waals surface area contributed by atoms with Crippen LogP contribution in [0.15, 0.2) is 12.1 Å². The predicted octanol–water partition coefficient (Wildman–Crippen LogP) is 1.54. The topological polar surface area (TPSA) is 50.8 Å². The molecule has 0 unspecified atom stereocenters. The average molecular weight is 305 g/mol. The molecule has 1 fully saturated rings. The average Bonchev–Trinajstić information content (AvgIpc) is 2.88. The molecule has 2 aliphatic heterocycles. The number of hydrogen-bond donors (Lipinski definition) is 1. The molecule has 104 valence electrons. The Morgan fingerprint density at radius 3 is 2.74 bits per heavy atom. The lowest BCUT2D eigenvalue weighted by Crippen LogP contribution is -2.46. The molecule has 1 amide bonds. The Bertz CT molecular complexity index is 490. The predicted molar refractivity (Wildman–Crippen MR) is 73.6 cm³/mol. The molecule has 1 N–H and O–H groups in total. The Morgan fingerprint density at radius 1 is 1.26 bits per heavy atom. The summed E-state index contributed by atoms with van der Waals surface area (Å²) in [5.74, 6) is 1.05. The molecule has 2 heterocycles. The molecular weight excluding hydrogens is 291 g/mol. The summed E-state index contributed by atoms with van der Waals surface area (Å²) >= 11 is 6.07. The normalized spacial score (nSPS) is 17.0. The van der Waals surface area contributed by atoms with Crippen molar-refractivity contribution in [3.8, 4) is 11.5 Å². The minimum Gasteiger partial charge on any atom is -0.454 e. The quantitative estimate of drug-likeness (QED) is 0.855. The van der Waals surface area contributed by atoms with Crippen molar-refractivity contribution in [1.82, 2.24) is 10.2 Å². The molecule has 0 radical (unpaired) electrons. The van der Waals surface area contributed by atoms with Crippen LogP contribution < -0.4 is 14.8 Å². The second-order valence-corrected chi connectivity index (χ2v) is 4.64. The van der Waals surface area contributed by atoms with Crippen LogP contribution >= 0.6 is 24.0 Å². The van der Waals surface area contributed by atoms with Crippen LogP contribution in [0.2, 0.25) is 5.02 Å². The first kappa shape index (κ1) is 14.2. The largest absolute Gasteiger partial charge is 0.454 e. The SMILES string of the molecule is Cl.O=C(c1cc(Cl)c2c(c1)OCO2)N1CCNCC1. The lowest BCUT2D eigenvalue weighted by atomic mass is 10.1. The fourth-order valence-corrected chi connectivity index (χ4v) is 2.41. The van der Waals surface area contributed by atoms with Crippen molar-refractivity contribution in [2.24, 2.45) is 0 Å². The van der Waals surface area contributed by atoms with Crippen LogP contribution in [0.5, 0.6) is 11.5 Å². The Morgan fingerprint density at radius 2 is 2.00 bits per heavy atom. The van der Waals surface area contributed by atoms with E-state index >= 15 is 0 Å². The van der Waals surface area contributed by atoms with Gasteiger partial charge in [0.05, 0.1) is 5.02 Å². The zero-order chi connectivity index (χ0) is 12.5. The van der Waals surface area contributed by atoms with Crippen molar-refractivity contribution in [3.05, 3.63) is 22.7 Å². The van der Waals surface area contributed by atoms with Crippen molar-refractivity contribution < 1.29 is 14.3 Å². The number of carbonyl (C=O) groups is 1. The minimum atomic E-state index is -0.0169. The summed E-state index contributed by atoms with van der Waals surface area (Å²) in [6.45, 7) is 3.23. The molecule has 0 bridgehead atoms. The fraction of sp³-hybridized carbons (Fsp3) is 0.417. The monoisotopic (exact) mass is 304 g/mol. The Balaban J connectivity index is 0.00000133. The van der Waals surface area contributed by atoms with Gasteiger partial charge in [0.1, 0.15) is 0 Å². The highest BCUT2D eigenvalue weighted by molar-refractivity contribution is 6.32. The number of halogens is 2. The fourth-order valence-electron chi connectivity index (χ4n) is 2.14. The highest BCUT2D eigenvalue weighted by atomic mass is 35.5. The number of rotatable bonds is 1. The van der Waals surface area contributed by atoms with Crippen molar-refractivity contribution in [2.75, 3.05) is 33.0 Å². The van der Waals surface area contributed by atoms with Crippen LogP contribution in [0, 0.1) is 0 Å². The van der Waals surface area contributed by atoms with Gasteiger partial charge < -0.3 is 19.7 Å². The highest BCUT2D eigenvalue weighted by Gasteiger charge is 2.23. The van der Waals surface area contributed by atoms with Crippen LogP contribution in [0.1, 0.15) is 10.4 Å². The van der Waals surface area contributed by atoms with Gasteiger partial charge in [-0.15, -0.1) is 12.4 Å². The lowest BCUT2D eigenvalue weighted by Gasteiger charge is -2.27. The van der Waals surface area contributed by atoms with Crippen LogP contribution in [-0.2, 0) is 0 Å². The number of benzene rings is 1. The van der Waals surface area contributed by atoms with E-state index in [9.17, 15) is 4.79 Å². The molecule has 1 aromatic carbocycles. The molecule has 5 nitrogen and oxygen atoms in total. The molecule has 2 aliphatic rings. The second-order valence-electron chi connectivity index (χ2n) is 4.23.